The van der Waals surface area contributed by atoms with Gasteiger partial charge in [-0.15, -0.1) is 11.3 Å². The van der Waals surface area contributed by atoms with Crippen LogP contribution >= 0.6 is 23.1 Å². The van der Waals surface area contributed by atoms with Gasteiger partial charge in [-0.25, -0.2) is 9.37 Å². The van der Waals surface area contributed by atoms with E-state index in [4.69, 9.17) is 0 Å². The van der Waals surface area contributed by atoms with Crippen molar-refractivity contribution in [3.05, 3.63) is 95.6 Å². The van der Waals surface area contributed by atoms with Gasteiger partial charge in [0.05, 0.1) is 5.69 Å². The first-order valence-corrected chi connectivity index (χ1v) is 10.2. The predicted octanol–water partition coefficient (Wildman–Crippen LogP) is 6.35. The summed E-state index contributed by atoms with van der Waals surface area (Å²) in [4.78, 5) is 19.0. The first kappa shape index (κ1) is 18.4. The molecule has 1 aromatic heterocycles. The number of hydrogen-bond donors (Lipinski definition) is 1. The summed E-state index contributed by atoms with van der Waals surface area (Å²) >= 11 is 3.03. The number of aromatic nitrogens is 1. The Morgan fingerprint density at radius 1 is 0.929 bits per heavy atom. The number of carbonyl (C=O) groups is 1. The highest BCUT2D eigenvalue weighted by Crippen LogP contribution is 2.30. The maximum absolute atomic E-state index is 13.3. The summed E-state index contributed by atoms with van der Waals surface area (Å²) in [5.41, 5.74) is 2.02. The molecule has 0 aliphatic carbocycles. The molecule has 0 fully saturated rings. The Morgan fingerprint density at radius 3 is 2.43 bits per heavy atom. The van der Waals surface area contributed by atoms with Crippen LogP contribution in [0.4, 0.5) is 9.52 Å². The quantitative estimate of drug-likeness (QED) is 0.420. The van der Waals surface area contributed by atoms with Crippen LogP contribution in [-0.4, -0.2) is 10.9 Å². The summed E-state index contributed by atoms with van der Waals surface area (Å²) < 4.78 is 13.3. The fourth-order valence-electron chi connectivity index (χ4n) is 2.58. The largest absolute Gasteiger partial charge is 0.298 e. The Bertz CT molecular complexity index is 1090. The van der Waals surface area contributed by atoms with E-state index >= 15 is 0 Å². The summed E-state index contributed by atoms with van der Waals surface area (Å²) in [6.45, 7) is 0. The maximum atomic E-state index is 13.3. The van der Waals surface area contributed by atoms with Gasteiger partial charge in [0, 0.05) is 26.3 Å². The molecule has 28 heavy (non-hydrogen) atoms. The first-order chi connectivity index (χ1) is 13.7. The molecule has 3 nitrogen and oxygen atoms in total. The third kappa shape index (κ3) is 4.47. The van der Waals surface area contributed by atoms with Crippen molar-refractivity contribution in [2.45, 2.75) is 9.79 Å². The van der Waals surface area contributed by atoms with Crippen LogP contribution in [0.1, 0.15) is 10.4 Å². The third-order valence-electron chi connectivity index (χ3n) is 3.94. The van der Waals surface area contributed by atoms with E-state index in [2.05, 4.69) is 34.6 Å². The van der Waals surface area contributed by atoms with Crippen molar-refractivity contribution >= 4 is 34.1 Å². The van der Waals surface area contributed by atoms with E-state index in [0.29, 0.717) is 5.13 Å². The van der Waals surface area contributed by atoms with Gasteiger partial charge in [0.2, 0.25) is 0 Å². The summed E-state index contributed by atoms with van der Waals surface area (Å²) in [5, 5.41) is 5.09. The Balaban J connectivity index is 1.44. The molecular formula is C22H15FN2OS2. The minimum Gasteiger partial charge on any atom is -0.298 e. The van der Waals surface area contributed by atoms with Gasteiger partial charge in [0.15, 0.2) is 5.13 Å². The number of nitrogens with zero attached hydrogens (tertiary/aromatic N) is 1. The molecule has 1 N–H and O–H groups in total. The molecule has 1 amide bonds. The number of anilines is 1. The van der Waals surface area contributed by atoms with E-state index in [1.54, 1.807) is 17.8 Å². The van der Waals surface area contributed by atoms with Crippen LogP contribution < -0.4 is 5.32 Å². The van der Waals surface area contributed by atoms with Crippen LogP contribution in [0.25, 0.3) is 11.3 Å². The van der Waals surface area contributed by atoms with Crippen LogP contribution in [0.15, 0.2) is 94.0 Å². The molecule has 138 valence electrons. The van der Waals surface area contributed by atoms with E-state index in [-0.39, 0.29) is 11.5 Å². The summed E-state index contributed by atoms with van der Waals surface area (Å²) in [6, 6.07) is 23.9. The van der Waals surface area contributed by atoms with Crippen molar-refractivity contribution in [2.24, 2.45) is 0 Å². The molecule has 0 aliphatic heterocycles. The Kier molecular flexibility index (Phi) is 5.50. The lowest BCUT2D eigenvalue weighted by Crippen LogP contribution is -2.11. The number of carbonyl (C=O) groups excluding carboxylic acids is 1. The van der Waals surface area contributed by atoms with Gasteiger partial charge in [-0.3, -0.25) is 10.1 Å². The van der Waals surface area contributed by atoms with Gasteiger partial charge in [0.1, 0.15) is 5.82 Å². The number of amides is 1. The lowest BCUT2D eigenvalue weighted by atomic mass is 10.2. The van der Waals surface area contributed by atoms with Crippen LogP contribution in [0, 0.1) is 5.82 Å². The van der Waals surface area contributed by atoms with Crippen LogP contribution in [0.3, 0.4) is 0 Å². The molecule has 0 spiro atoms. The molecule has 4 aromatic rings. The Hall–Kier alpha value is -2.96. The minimum absolute atomic E-state index is 0.263. The lowest BCUT2D eigenvalue weighted by molar-refractivity contribution is 0.102. The van der Waals surface area contributed by atoms with Crippen LogP contribution in [0.2, 0.25) is 0 Å². The molecule has 6 heteroatoms. The summed E-state index contributed by atoms with van der Waals surface area (Å²) in [6.07, 6.45) is 0. The number of halogens is 1. The van der Waals surface area contributed by atoms with E-state index in [9.17, 15) is 9.18 Å². The fourth-order valence-corrected chi connectivity index (χ4v) is 4.13. The van der Waals surface area contributed by atoms with Crippen molar-refractivity contribution in [1.82, 2.24) is 4.98 Å². The van der Waals surface area contributed by atoms with Crippen molar-refractivity contribution in [1.29, 1.82) is 0 Å². The van der Waals surface area contributed by atoms with E-state index in [1.165, 1.54) is 34.4 Å². The van der Waals surface area contributed by atoms with Crippen molar-refractivity contribution < 1.29 is 9.18 Å². The molecule has 0 radical (unpaired) electrons. The zero-order chi connectivity index (χ0) is 19.3. The average molecular weight is 407 g/mol. The van der Waals surface area contributed by atoms with Crippen molar-refractivity contribution in [3.8, 4) is 11.3 Å². The molecule has 0 saturated heterocycles. The molecule has 0 saturated carbocycles. The SMILES string of the molecule is O=C(Nc1nc(-c2ccc(Sc3ccccc3)cc2)cs1)c1cccc(F)c1. The van der Waals surface area contributed by atoms with E-state index < -0.39 is 5.82 Å². The van der Waals surface area contributed by atoms with Gasteiger partial charge < -0.3 is 0 Å². The lowest BCUT2D eigenvalue weighted by Gasteiger charge is -2.03. The smallest absolute Gasteiger partial charge is 0.257 e. The first-order valence-electron chi connectivity index (χ1n) is 8.53. The molecule has 0 atom stereocenters. The van der Waals surface area contributed by atoms with E-state index in [0.717, 1.165) is 16.2 Å². The van der Waals surface area contributed by atoms with Crippen molar-refractivity contribution in [3.63, 3.8) is 0 Å². The second-order valence-corrected chi connectivity index (χ2v) is 7.95. The molecule has 3 aromatic carbocycles. The number of nitrogens with one attached hydrogen (secondary N) is 1. The van der Waals surface area contributed by atoms with Gasteiger partial charge in [-0.05, 0) is 42.5 Å². The molecule has 0 unspecified atom stereocenters. The molecule has 1 heterocycles. The zero-order valence-corrected chi connectivity index (χ0v) is 16.3. The monoisotopic (exact) mass is 406 g/mol. The number of hydrogen-bond acceptors (Lipinski definition) is 4. The van der Waals surface area contributed by atoms with Gasteiger partial charge >= 0.3 is 0 Å². The maximum Gasteiger partial charge on any atom is 0.257 e. The standard InChI is InChI=1S/C22H15FN2OS2/c23-17-6-4-5-16(13-17)21(26)25-22-24-20(14-27-22)15-9-11-19(12-10-15)28-18-7-2-1-3-8-18/h1-14H,(H,24,25,26). The van der Waals surface area contributed by atoms with Crippen molar-refractivity contribution in [2.75, 3.05) is 5.32 Å². The van der Waals surface area contributed by atoms with Gasteiger partial charge in [-0.1, -0.05) is 48.2 Å². The molecular weight excluding hydrogens is 391 g/mol. The molecule has 4 rings (SSSR count). The highest BCUT2D eigenvalue weighted by molar-refractivity contribution is 7.99. The molecule has 0 aliphatic rings. The topological polar surface area (TPSA) is 42.0 Å². The second kappa shape index (κ2) is 8.37. The predicted molar refractivity (Wildman–Crippen MR) is 112 cm³/mol. The summed E-state index contributed by atoms with van der Waals surface area (Å²) in [5.74, 6) is -0.823. The number of thiazole rings is 1. The molecule has 0 bridgehead atoms. The van der Waals surface area contributed by atoms with Gasteiger partial charge in [-0.2, -0.15) is 0 Å². The minimum atomic E-state index is -0.444. The van der Waals surface area contributed by atoms with Crippen LogP contribution in [0.5, 0.6) is 0 Å². The fraction of sp³-hybridized carbons (Fsp3) is 0. The normalized spacial score (nSPS) is 10.6. The Labute approximate surface area is 170 Å². The third-order valence-corrected chi connectivity index (χ3v) is 5.71. The Morgan fingerprint density at radius 2 is 1.68 bits per heavy atom. The number of benzene rings is 3. The zero-order valence-electron chi connectivity index (χ0n) is 14.6. The average Bonchev–Trinajstić information content (AvgIpc) is 3.18. The van der Waals surface area contributed by atoms with Gasteiger partial charge in [0.25, 0.3) is 5.91 Å². The van der Waals surface area contributed by atoms with Crippen LogP contribution in [-0.2, 0) is 0 Å². The summed E-state index contributed by atoms with van der Waals surface area (Å²) in [7, 11) is 0. The van der Waals surface area contributed by atoms with E-state index in [1.807, 2.05) is 35.7 Å². The second-order valence-electron chi connectivity index (χ2n) is 5.94. The highest BCUT2D eigenvalue weighted by atomic mass is 32.2. The highest BCUT2D eigenvalue weighted by Gasteiger charge is 2.11. The number of rotatable bonds is 5.